The highest BCUT2D eigenvalue weighted by Crippen LogP contribution is 2.37. The lowest BCUT2D eigenvalue weighted by Crippen LogP contribution is -2.02. The third-order valence-electron chi connectivity index (χ3n) is 2.49. The lowest BCUT2D eigenvalue weighted by atomic mass is 10.1. The molecule has 0 aliphatic rings. The van der Waals surface area contributed by atoms with Gasteiger partial charge in [-0.3, -0.25) is 14.3 Å². The third-order valence-corrected chi connectivity index (χ3v) is 2.96. The molecular formula is C12H14NO6P. The molecule has 8 heteroatoms. The maximum Gasteiger partial charge on any atom is 0.469 e. The van der Waals surface area contributed by atoms with Crippen LogP contribution in [0.1, 0.15) is 34.5 Å². The van der Waals surface area contributed by atoms with Crippen LogP contribution in [0.4, 0.5) is 0 Å². The summed E-state index contributed by atoms with van der Waals surface area (Å²) in [5.41, 5.74) is 0.313. The Morgan fingerprint density at radius 1 is 1.50 bits per heavy atom. The van der Waals surface area contributed by atoms with Gasteiger partial charge in [0.1, 0.15) is 5.75 Å². The Bertz CT molecular complexity index is 574. The standard InChI is InChI=1S/C12H14NO6P/c1-2-3-4-5-11-12(15)10(7-14)9(6-13-11)8-19-20(16,17)18/h1,6-7,15H,3-5,8H2,(H2,16,17,18). The quantitative estimate of drug-likeness (QED) is 0.299. The number of phosphoric ester groups is 1. The zero-order chi connectivity index (χ0) is 15.2. The first-order valence-corrected chi connectivity index (χ1v) is 7.20. The number of aromatic hydroxyl groups is 1. The van der Waals surface area contributed by atoms with Crippen molar-refractivity contribution in [2.75, 3.05) is 0 Å². The van der Waals surface area contributed by atoms with Crippen molar-refractivity contribution in [1.29, 1.82) is 0 Å². The fraction of sp³-hybridized carbons (Fsp3) is 0.333. The first-order chi connectivity index (χ1) is 9.39. The van der Waals surface area contributed by atoms with Crippen LogP contribution in [0.15, 0.2) is 6.20 Å². The van der Waals surface area contributed by atoms with E-state index in [0.717, 1.165) is 0 Å². The molecular weight excluding hydrogens is 285 g/mol. The van der Waals surface area contributed by atoms with E-state index in [1.54, 1.807) is 0 Å². The number of hydrogen-bond acceptors (Lipinski definition) is 5. The largest absolute Gasteiger partial charge is 0.505 e. The molecule has 1 heterocycles. The number of carbonyl (C=O) groups is 1. The average molecular weight is 299 g/mol. The number of aromatic nitrogens is 1. The van der Waals surface area contributed by atoms with E-state index < -0.39 is 14.4 Å². The maximum absolute atomic E-state index is 11.0. The van der Waals surface area contributed by atoms with Gasteiger partial charge in [0.2, 0.25) is 0 Å². The van der Waals surface area contributed by atoms with Crippen molar-refractivity contribution in [3.8, 4) is 18.1 Å². The first-order valence-electron chi connectivity index (χ1n) is 5.67. The first kappa shape index (κ1) is 16.3. The molecule has 0 unspecified atom stereocenters. The van der Waals surface area contributed by atoms with Crippen LogP contribution in [0.3, 0.4) is 0 Å². The van der Waals surface area contributed by atoms with E-state index in [1.807, 2.05) is 0 Å². The minimum Gasteiger partial charge on any atom is -0.505 e. The molecule has 1 rings (SSSR count). The molecule has 0 aromatic carbocycles. The van der Waals surface area contributed by atoms with Gasteiger partial charge in [0.15, 0.2) is 6.29 Å². The zero-order valence-electron chi connectivity index (χ0n) is 10.5. The van der Waals surface area contributed by atoms with Gasteiger partial charge in [0, 0.05) is 18.2 Å². The SMILES string of the molecule is C#CCCCc1ncc(COP(=O)(O)O)c(C=O)c1O. The summed E-state index contributed by atoms with van der Waals surface area (Å²) in [6, 6.07) is 0. The van der Waals surface area contributed by atoms with Gasteiger partial charge in [-0.2, -0.15) is 0 Å². The van der Waals surface area contributed by atoms with E-state index in [1.165, 1.54) is 6.20 Å². The van der Waals surface area contributed by atoms with Crippen LogP contribution < -0.4 is 0 Å². The Labute approximate surface area is 115 Å². The van der Waals surface area contributed by atoms with Crippen LogP contribution in [0.2, 0.25) is 0 Å². The second-order valence-corrected chi connectivity index (χ2v) is 5.17. The summed E-state index contributed by atoms with van der Waals surface area (Å²) in [7, 11) is -4.66. The molecule has 1 aromatic rings. The second kappa shape index (κ2) is 7.17. The molecule has 20 heavy (non-hydrogen) atoms. The van der Waals surface area contributed by atoms with Gasteiger partial charge in [0.25, 0.3) is 0 Å². The number of aldehydes is 1. The minimum atomic E-state index is -4.66. The molecule has 0 bridgehead atoms. The minimum absolute atomic E-state index is 0.0934. The van der Waals surface area contributed by atoms with E-state index in [0.29, 0.717) is 31.2 Å². The molecule has 0 radical (unpaired) electrons. The summed E-state index contributed by atoms with van der Waals surface area (Å²) in [5, 5.41) is 9.90. The van der Waals surface area contributed by atoms with Crippen LogP contribution in [0.5, 0.6) is 5.75 Å². The number of nitrogens with zero attached hydrogens (tertiary/aromatic N) is 1. The van der Waals surface area contributed by atoms with Gasteiger partial charge < -0.3 is 14.9 Å². The monoisotopic (exact) mass is 299 g/mol. The zero-order valence-corrected chi connectivity index (χ0v) is 11.4. The van der Waals surface area contributed by atoms with Gasteiger partial charge in [-0.15, -0.1) is 12.3 Å². The van der Waals surface area contributed by atoms with Crippen molar-refractivity contribution in [3.63, 3.8) is 0 Å². The van der Waals surface area contributed by atoms with E-state index in [-0.39, 0.29) is 16.9 Å². The summed E-state index contributed by atoms with van der Waals surface area (Å²) in [6.07, 6.45) is 8.26. The molecule has 0 saturated heterocycles. The average Bonchev–Trinajstić information content (AvgIpc) is 2.38. The van der Waals surface area contributed by atoms with Gasteiger partial charge in [-0.1, -0.05) is 0 Å². The molecule has 0 aliphatic heterocycles. The van der Waals surface area contributed by atoms with E-state index in [9.17, 15) is 14.5 Å². The molecule has 1 aromatic heterocycles. The van der Waals surface area contributed by atoms with Gasteiger partial charge in [0.05, 0.1) is 17.9 Å². The molecule has 108 valence electrons. The Hall–Kier alpha value is -1.71. The Morgan fingerprint density at radius 2 is 2.20 bits per heavy atom. The number of pyridine rings is 1. The lowest BCUT2D eigenvalue weighted by Gasteiger charge is -2.11. The van der Waals surface area contributed by atoms with Crippen LogP contribution in [0.25, 0.3) is 0 Å². The summed E-state index contributed by atoms with van der Waals surface area (Å²) >= 11 is 0. The fourth-order valence-corrected chi connectivity index (χ4v) is 1.84. The normalized spacial score (nSPS) is 11.1. The molecule has 0 spiro atoms. The van der Waals surface area contributed by atoms with Gasteiger partial charge >= 0.3 is 7.82 Å². The van der Waals surface area contributed by atoms with Crippen molar-refractivity contribution in [2.45, 2.75) is 25.9 Å². The second-order valence-electron chi connectivity index (χ2n) is 3.93. The highest BCUT2D eigenvalue weighted by Gasteiger charge is 2.18. The predicted molar refractivity (Wildman–Crippen MR) is 69.9 cm³/mol. The number of hydrogen-bond donors (Lipinski definition) is 3. The molecule has 0 aliphatic carbocycles. The predicted octanol–water partition coefficient (Wildman–Crippen LogP) is 1.16. The van der Waals surface area contributed by atoms with Crippen molar-refractivity contribution >= 4 is 14.1 Å². The molecule has 0 amide bonds. The smallest absolute Gasteiger partial charge is 0.469 e. The number of carbonyl (C=O) groups excluding carboxylic acids is 1. The Kier molecular flexibility index (Phi) is 5.86. The van der Waals surface area contributed by atoms with E-state index in [2.05, 4.69) is 15.4 Å². The number of phosphoric acid groups is 1. The highest BCUT2D eigenvalue weighted by molar-refractivity contribution is 7.46. The van der Waals surface area contributed by atoms with E-state index >= 15 is 0 Å². The summed E-state index contributed by atoms with van der Waals surface area (Å²) in [4.78, 5) is 32.2. The molecule has 7 nitrogen and oxygen atoms in total. The number of aryl methyl sites for hydroxylation is 1. The Morgan fingerprint density at radius 3 is 2.75 bits per heavy atom. The Balaban J connectivity index is 2.94. The van der Waals surface area contributed by atoms with Crippen molar-refractivity contribution in [3.05, 3.63) is 23.0 Å². The van der Waals surface area contributed by atoms with Crippen LogP contribution in [0, 0.1) is 12.3 Å². The van der Waals surface area contributed by atoms with Gasteiger partial charge in [-0.25, -0.2) is 4.57 Å². The number of unbranched alkanes of at least 4 members (excludes halogenated alkanes) is 1. The topological polar surface area (TPSA) is 117 Å². The van der Waals surface area contributed by atoms with E-state index in [4.69, 9.17) is 16.2 Å². The van der Waals surface area contributed by atoms with Crippen LogP contribution in [-0.2, 0) is 22.1 Å². The lowest BCUT2D eigenvalue weighted by molar-refractivity contribution is 0.111. The third kappa shape index (κ3) is 4.76. The van der Waals surface area contributed by atoms with Crippen molar-refractivity contribution in [2.24, 2.45) is 0 Å². The van der Waals surface area contributed by atoms with Crippen LogP contribution >= 0.6 is 7.82 Å². The number of terminal acetylenes is 1. The molecule has 3 N–H and O–H groups in total. The van der Waals surface area contributed by atoms with Crippen LogP contribution in [-0.4, -0.2) is 26.2 Å². The summed E-state index contributed by atoms with van der Waals surface area (Å²) < 4.78 is 14.9. The summed E-state index contributed by atoms with van der Waals surface area (Å²) in [5.74, 6) is 2.13. The number of rotatable bonds is 7. The molecule has 0 atom stereocenters. The fourth-order valence-electron chi connectivity index (χ4n) is 1.54. The highest BCUT2D eigenvalue weighted by atomic mass is 31.2. The molecule has 0 saturated carbocycles. The van der Waals surface area contributed by atoms with Crippen molar-refractivity contribution in [1.82, 2.24) is 4.98 Å². The molecule has 0 fully saturated rings. The van der Waals surface area contributed by atoms with Gasteiger partial charge in [-0.05, 0) is 12.8 Å². The summed E-state index contributed by atoms with van der Waals surface area (Å²) in [6.45, 7) is -0.524. The van der Waals surface area contributed by atoms with Crippen molar-refractivity contribution < 1.29 is 28.8 Å². The maximum atomic E-state index is 11.0.